The van der Waals surface area contributed by atoms with Gasteiger partial charge in [0, 0.05) is 93.5 Å². The highest BCUT2D eigenvalue weighted by molar-refractivity contribution is 6.42. The molecule has 11 aromatic carbocycles. The minimum atomic E-state index is -0.711. The molecule has 0 unspecified atom stereocenters. The van der Waals surface area contributed by atoms with E-state index in [1.165, 1.54) is 5.56 Å². The third-order valence-electron chi connectivity index (χ3n) is 24.9. The van der Waals surface area contributed by atoms with Crippen LogP contribution in [0.4, 0.5) is 48.5 Å². The number of nitrogens with zero attached hydrogens (tertiary/aromatic N) is 5. The van der Waals surface area contributed by atoms with E-state index < -0.39 is 5.60 Å². The number of rotatable bonds is 18. The maximum atomic E-state index is 14.5. The van der Waals surface area contributed by atoms with Crippen LogP contribution in [0.3, 0.4) is 0 Å². The van der Waals surface area contributed by atoms with Crippen LogP contribution in [0.25, 0.3) is 33.4 Å². The first kappa shape index (κ1) is 87.5. The Morgan fingerprint density at radius 3 is 1.14 bits per heavy atom. The Balaban J connectivity index is 0.000000137. The third-order valence-corrected chi connectivity index (χ3v) is 27.7. The van der Waals surface area contributed by atoms with Crippen molar-refractivity contribution in [2.24, 2.45) is 0 Å². The lowest BCUT2D eigenvalue weighted by Crippen LogP contribution is -2.45. The van der Waals surface area contributed by atoms with Crippen molar-refractivity contribution in [1.29, 1.82) is 0 Å². The molecule has 11 aromatic rings. The van der Waals surface area contributed by atoms with Gasteiger partial charge in [-0.25, -0.2) is 14.4 Å². The van der Waals surface area contributed by atoms with Crippen molar-refractivity contribution < 1.29 is 38.5 Å². The zero-order valence-electron chi connectivity index (χ0n) is 68.4. The quantitative estimate of drug-likeness (QED) is 0.0711. The van der Waals surface area contributed by atoms with Crippen LogP contribution in [-0.2, 0) is 42.3 Å². The second kappa shape index (κ2) is 37.7. The largest absolute Gasteiger partial charge is 0.497 e. The molecule has 0 radical (unpaired) electrons. The smallest absolute Gasteiger partial charge is 0.329 e. The van der Waals surface area contributed by atoms with Gasteiger partial charge in [0.1, 0.15) is 17.3 Å². The molecule has 3 saturated carbocycles. The fraction of sp³-hybridized carbons (Fsp3) is 0.293. The number of carbonyl (C=O) groups is 4. The molecule has 7 aliphatic rings. The Morgan fingerprint density at radius 1 is 0.431 bits per heavy atom. The van der Waals surface area contributed by atoms with Crippen LogP contribution in [0, 0.1) is 0 Å². The summed E-state index contributed by atoms with van der Waals surface area (Å²) in [6, 6.07) is 67.3. The molecule has 15 nitrogen and oxygen atoms in total. The number of aliphatic hydroxyl groups is 1. The normalized spacial score (nSPS) is 19.4. The monoisotopic (exact) mass is 1820 g/mol. The standard InChI is InChI=1S/C35H31Cl3N2O3.C34H29Cl3N2O3.C30H32Cl3N3O2/c1-42-25-11-9-22(10-12-25)19-39-20-28-27(26-5-2-3-6-29(26)36)17-24(23-13-15-35(16-14-23)21-43-35)18-32(28)40(34(39)41)33-30(37)7-4-8-31(33)38;1-42-25-15-9-21(10-16-25)19-38-20-28-27(26-5-2-3-6-29(26)35)17-23(22-11-13-24(40)14-12-22)18-32(28)39(34(38)41)33-30(36)7-4-8-31(33)37;1-18(2)35-17-30(38)12-10-19(11-13-30)20-14-22(21-6-3-4-7-24(21)31)23-16-34-29(37)36(27(23)15-20)28-25(32)8-5-9-26(28)33/h2-12,17-18,23H,13-16,19-21H2,1H3;2-10,15-18,22H,11-14,19-20H2,1H3;3-9,14-15,18-19,35,38H,10-13,16-17H2,1-2H3,(H,34,37). The summed E-state index contributed by atoms with van der Waals surface area (Å²) in [7, 11) is 3.27. The van der Waals surface area contributed by atoms with E-state index in [2.05, 4.69) is 60.9 Å². The van der Waals surface area contributed by atoms with Crippen molar-refractivity contribution >= 4 is 162 Å². The van der Waals surface area contributed by atoms with E-state index in [1.807, 2.05) is 126 Å². The van der Waals surface area contributed by atoms with E-state index in [9.17, 15) is 24.3 Å². The SMILES string of the molecule is CC(C)NCC1(O)CCC(c2cc(-c3ccccc3Cl)c3c(c2)N(c2c(Cl)cccc2Cl)C(=O)NC3)CC1.COc1ccc(CN2Cc3c(-c4ccccc4Cl)cc(C4CCC(=O)CC4)cc3N(c3c(Cl)cccc3Cl)C2=O)cc1.COc1ccc(CN2Cc3c(-c4ccccc4Cl)cc(C4CCC5(CC4)CO5)cc3N(c3c(Cl)cccc3Cl)C2=O)cc1. The number of carbonyl (C=O) groups excluding carboxylic acids is 4. The first-order valence-corrected chi connectivity index (χ1v) is 45.0. The van der Waals surface area contributed by atoms with E-state index in [0.29, 0.717) is 145 Å². The topological polar surface area (TPSA) is 160 Å². The summed E-state index contributed by atoms with van der Waals surface area (Å²) in [5.41, 5.74) is 16.9. The lowest BCUT2D eigenvalue weighted by molar-refractivity contribution is -0.120. The number of epoxide rings is 1. The molecule has 6 amide bonds. The van der Waals surface area contributed by atoms with Gasteiger partial charge in [-0.1, -0.05) is 234 Å². The lowest BCUT2D eigenvalue weighted by atomic mass is 9.75. The number of ketones is 1. The van der Waals surface area contributed by atoms with E-state index in [4.69, 9.17) is 119 Å². The number of hydrogen-bond donors (Lipinski definition) is 3. The number of nitrogens with one attached hydrogen (secondary N) is 2. The third kappa shape index (κ3) is 18.8. The Bertz CT molecular complexity index is 5760. The number of methoxy groups -OCH3 is 2. The number of anilines is 6. The lowest BCUT2D eigenvalue weighted by Gasteiger charge is -2.40. The highest BCUT2D eigenvalue weighted by Gasteiger charge is 2.48. The zero-order chi connectivity index (χ0) is 86.1. The average Bonchev–Trinajstić information content (AvgIpc) is 1.16. The Kier molecular flexibility index (Phi) is 26.8. The number of para-hydroxylation sites is 3. The van der Waals surface area contributed by atoms with E-state index in [0.717, 1.165) is 159 Å². The Hall–Kier alpha value is -9.01. The fourth-order valence-corrected chi connectivity index (χ4v) is 20.5. The van der Waals surface area contributed by atoms with Crippen LogP contribution in [0.2, 0.25) is 45.2 Å². The van der Waals surface area contributed by atoms with E-state index >= 15 is 0 Å². The molecule has 3 N–H and O–H groups in total. The number of ether oxygens (including phenoxy) is 3. The summed E-state index contributed by atoms with van der Waals surface area (Å²) in [5.74, 6) is 2.57. The molecule has 4 fully saturated rings. The molecule has 24 heteroatoms. The Labute approximate surface area is 762 Å². The molecule has 3 aliphatic carbocycles. The molecule has 4 aliphatic heterocycles. The maximum absolute atomic E-state index is 14.5. The molecule has 4 heterocycles. The summed E-state index contributed by atoms with van der Waals surface area (Å²) in [6.45, 7) is 7.53. The number of urea groups is 3. The molecule has 123 heavy (non-hydrogen) atoms. The van der Waals surface area contributed by atoms with Gasteiger partial charge in [-0.05, 0) is 224 Å². The number of amides is 6. The fourth-order valence-electron chi connectivity index (χ4n) is 18.1. The van der Waals surface area contributed by atoms with Gasteiger partial charge in [0.2, 0.25) is 0 Å². The van der Waals surface area contributed by atoms with Crippen molar-refractivity contribution in [2.45, 2.75) is 159 Å². The zero-order valence-corrected chi connectivity index (χ0v) is 75.2. The summed E-state index contributed by atoms with van der Waals surface area (Å²) in [5, 5.41) is 21.8. The maximum Gasteiger partial charge on any atom is 0.329 e. The van der Waals surface area contributed by atoms with Gasteiger partial charge in [0.25, 0.3) is 0 Å². The molecular formula is C99H92Cl9N7O8. The van der Waals surface area contributed by atoms with Crippen molar-refractivity contribution in [1.82, 2.24) is 20.4 Å². The van der Waals surface area contributed by atoms with E-state index in [1.54, 1.807) is 88.4 Å². The highest BCUT2D eigenvalue weighted by Crippen LogP contribution is 2.55. The van der Waals surface area contributed by atoms with Crippen LogP contribution >= 0.6 is 104 Å². The molecule has 0 aromatic heterocycles. The second-order valence-corrected chi connectivity index (χ2v) is 36.7. The van der Waals surface area contributed by atoms with Gasteiger partial charge in [-0.15, -0.1) is 0 Å². The molecule has 0 atom stereocenters. The van der Waals surface area contributed by atoms with E-state index in [-0.39, 0.29) is 35.5 Å². The molecule has 1 spiro atoms. The van der Waals surface area contributed by atoms with Crippen LogP contribution in [0.15, 0.2) is 212 Å². The number of Topliss-reactive ketones (excluding diaryl/α,β-unsaturated/α-hetero) is 1. The number of hydrogen-bond acceptors (Lipinski definition) is 9. The summed E-state index contributed by atoms with van der Waals surface area (Å²) in [4.78, 5) is 62.8. The highest BCUT2D eigenvalue weighted by atomic mass is 35.5. The molecule has 634 valence electrons. The predicted octanol–water partition coefficient (Wildman–Crippen LogP) is 27.9. The summed E-state index contributed by atoms with van der Waals surface area (Å²) in [6.07, 6.45) is 9.90. The van der Waals surface area contributed by atoms with Gasteiger partial charge in [-0.2, -0.15) is 0 Å². The van der Waals surface area contributed by atoms with Gasteiger partial charge >= 0.3 is 18.1 Å². The summed E-state index contributed by atoms with van der Waals surface area (Å²) < 4.78 is 16.5. The van der Waals surface area contributed by atoms with Crippen LogP contribution in [-0.4, -0.2) is 83.4 Å². The molecular weight excluding hydrogens is 1730 g/mol. The van der Waals surface area contributed by atoms with Crippen LogP contribution in [0.5, 0.6) is 11.5 Å². The van der Waals surface area contributed by atoms with Gasteiger partial charge < -0.3 is 39.8 Å². The molecule has 1 saturated heterocycles. The van der Waals surface area contributed by atoms with Gasteiger partial charge in [-0.3, -0.25) is 19.5 Å². The minimum absolute atomic E-state index is 0.0886. The van der Waals surface area contributed by atoms with Crippen molar-refractivity contribution in [3.63, 3.8) is 0 Å². The number of benzene rings is 11. The second-order valence-electron chi connectivity index (χ2n) is 33.1. The Morgan fingerprint density at radius 2 is 0.772 bits per heavy atom. The number of fused-ring (bicyclic) bond motifs is 3. The molecule has 18 rings (SSSR count). The van der Waals surface area contributed by atoms with Gasteiger partial charge in [0.15, 0.2) is 0 Å². The summed E-state index contributed by atoms with van der Waals surface area (Å²) >= 11 is 60.6. The van der Waals surface area contributed by atoms with Crippen molar-refractivity contribution in [2.75, 3.05) is 42.1 Å². The van der Waals surface area contributed by atoms with Gasteiger partial charge in [0.05, 0.1) is 109 Å². The first-order valence-electron chi connectivity index (χ1n) is 41.6. The van der Waals surface area contributed by atoms with Crippen LogP contribution < -0.4 is 34.8 Å². The number of halogens is 9. The molecule has 0 bridgehead atoms. The first-order chi connectivity index (χ1) is 59.4. The van der Waals surface area contributed by atoms with Crippen molar-refractivity contribution in [3.05, 3.63) is 302 Å². The predicted molar refractivity (Wildman–Crippen MR) is 499 cm³/mol. The van der Waals surface area contributed by atoms with Crippen LogP contribution in [0.1, 0.15) is 153 Å². The van der Waals surface area contributed by atoms with Crippen molar-refractivity contribution in [3.8, 4) is 44.9 Å². The average molecular weight is 1830 g/mol. The minimum Gasteiger partial charge on any atom is -0.497 e.